The van der Waals surface area contributed by atoms with Crippen molar-refractivity contribution in [3.63, 3.8) is 0 Å². The Bertz CT molecular complexity index is 856. The predicted octanol–water partition coefficient (Wildman–Crippen LogP) is 0.485. The molecule has 0 radical (unpaired) electrons. The molecule has 8 nitrogen and oxygen atoms in total. The summed E-state index contributed by atoms with van der Waals surface area (Å²) in [6.07, 6.45) is 5.64. The van der Waals surface area contributed by atoms with Crippen LogP contribution in [0, 0.1) is 0 Å². The lowest BCUT2D eigenvalue weighted by Gasteiger charge is -2.32. The van der Waals surface area contributed by atoms with Crippen molar-refractivity contribution in [2.75, 3.05) is 36.8 Å². The van der Waals surface area contributed by atoms with Crippen LogP contribution in [0.2, 0.25) is 0 Å². The van der Waals surface area contributed by atoms with E-state index in [1.807, 2.05) is 4.52 Å². The number of nitrogen functional groups attached to an aromatic ring is 1. The topological polar surface area (TPSA) is 106 Å². The molecule has 1 fully saturated rings. The van der Waals surface area contributed by atoms with Crippen LogP contribution in [-0.2, 0) is 4.79 Å². The lowest BCUT2D eigenvalue weighted by Crippen LogP contribution is -2.42. The van der Waals surface area contributed by atoms with E-state index < -0.39 is 0 Å². The molecule has 25 heavy (non-hydrogen) atoms. The van der Waals surface area contributed by atoms with Gasteiger partial charge in [-0.05, 0) is 24.5 Å². The third-order valence-electron chi connectivity index (χ3n) is 5.05. The summed E-state index contributed by atoms with van der Waals surface area (Å²) in [5.74, 6) is 0.529. The van der Waals surface area contributed by atoms with Gasteiger partial charge >= 0.3 is 0 Å². The van der Waals surface area contributed by atoms with Crippen LogP contribution >= 0.6 is 0 Å². The van der Waals surface area contributed by atoms with Gasteiger partial charge in [-0.15, -0.1) is 0 Å². The first kappa shape index (κ1) is 15.9. The van der Waals surface area contributed by atoms with Crippen LogP contribution in [-0.4, -0.2) is 57.6 Å². The van der Waals surface area contributed by atoms with Crippen molar-refractivity contribution in [2.45, 2.75) is 25.8 Å². The fourth-order valence-corrected chi connectivity index (χ4v) is 3.73. The van der Waals surface area contributed by atoms with Crippen LogP contribution in [0.5, 0.6) is 0 Å². The maximum atomic E-state index is 11.6. The summed E-state index contributed by atoms with van der Waals surface area (Å²) >= 11 is 0. The predicted molar refractivity (Wildman–Crippen MR) is 97.1 cm³/mol. The van der Waals surface area contributed by atoms with Gasteiger partial charge in [0.2, 0.25) is 5.91 Å². The highest BCUT2D eigenvalue weighted by molar-refractivity contribution is 5.89. The molecule has 0 bridgehead atoms. The van der Waals surface area contributed by atoms with Gasteiger partial charge < -0.3 is 21.3 Å². The summed E-state index contributed by atoms with van der Waals surface area (Å²) in [6.45, 7) is 4.55. The van der Waals surface area contributed by atoms with E-state index in [1.165, 1.54) is 6.33 Å². The van der Waals surface area contributed by atoms with Gasteiger partial charge in [-0.1, -0.05) is 6.08 Å². The fourth-order valence-electron chi connectivity index (χ4n) is 3.73. The first-order valence-electron chi connectivity index (χ1n) is 8.62. The Morgan fingerprint density at radius 3 is 2.96 bits per heavy atom. The van der Waals surface area contributed by atoms with Crippen molar-refractivity contribution in [3.05, 3.63) is 24.2 Å². The van der Waals surface area contributed by atoms with E-state index in [0.29, 0.717) is 18.9 Å². The average molecular weight is 341 g/mol. The first-order valence-corrected chi connectivity index (χ1v) is 8.62. The van der Waals surface area contributed by atoms with Crippen molar-refractivity contribution in [3.8, 4) is 0 Å². The highest BCUT2D eigenvalue weighted by atomic mass is 16.2. The fraction of sp³-hybridized carbons (Fsp3) is 0.471. The number of rotatable bonds is 2. The molecule has 1 amide bonds. The molecule has 4 heterocycles. The zero-order valence-corrected chi connectivity index (χ0v) is 14.4. The smallest absolute Gasteiger partial charge is 0.220 e. The number of fused-ring (bicyclic) bond motifs is 1. The van der Waals surface area contributed by atoms with E-state index in [1.54, 1.807) is 11.8 Å². The van der Waals surface area contributed by atoms with Crippen LogP contribution < -0.4 is 16.4 Å². The first-order chi connectivity index (χ1) is 12.0. The Morgan fingerprint density at radius 1 is 1.40 bits per heavy atom. The van der Waals surface area contributed by atoms with Gasteiger partial charge in [0.15, 0.2) is 5.82 Å². The second-order valence-corrected chi connectivity index (χ2v) is 6.80. The zero-order chi connectivity index (χ0) is 17.6. The molecule has 4 rings (SSSR count). The van der Waals surface area contributed by atoms with Crippen LogP contribution in [0.3, 0.4) is 0 Å². The van der Waals surface area contributed by atoms with Gasteiger partial charge in [-0.3, -0.25) is 4.79 Å². The molecular formula is C17H23N7O. The molecule has 2 aliphatic heterocycles. The minimum Gasteiger partial charge on any atom is -0.382 e. The number of hydrogen-bond donors (Lipinski definition) is 2. The standard InChI is InChI=1S/C17H23N7O/c1-11(25)22-6-4-12(8-22)14-7-15(23-5-2-3-13(18)9-23)16-17(19)20-10-21-24(14)16/h4,7,10,13H,2-3,5-6,8-9,18H2,1H3,(H2,19,20,21). The van der Waals surface area contributed by atoms with Crippen molar-refractivity contribution < 1.29 is 4.79 Å². The van der Waals surface area contributed by atoms with Gasteiger partial charge in [0.1, 0.15) is 11.8 Å². The monoisotopic (exact) mass is 341 g/mol. The SMILES string of the molecule is CC(=O)N1CC=C(c2cc(N3CCCC(N)C3)c3c(N)ncnn23)C1. The van der Waals surface area contributed by atoms with E-state index in [9.17, 15) is 4.79 Å². The molecule has 2 aromatic heterocycles. The number of aromatic nitrogens is 3. The van der Waals surface area contributed by atoms with Crippen LogP contribution in [0.25, 0.3) is 11.1 Å². The van der Waals surface area contributed by atoms with Crippen LogP contribution in [0.4, 0.5) is 11.5 Å². The second kappa shape index (κ2) is 6.03. The molecule has 1 saturated heterocycles. The van der Waals surface area contributed by atoms with E-state index >= 15 is 0 Å². The van der Waals surface area contributed by atoms with Crippen molar-refractivity contribution in [1.29, 1.82) is 0 Å². The number of carbonyl (C=O) groups excluding carboxylic acids is 1. The summed E-state index contributed by atoms with van der Waals surface area (Å²) in [7, 11) is 0. The molecule has 8 heteroatoms. The number of carbonyl (C=O) groups is 1. The van der Waals surface area contributed by atoms with Crippen molar-refractivity contribution >= 4 is 28.5 Å². The molecule has 132 valence electrons. The molecule has 0 spiro atoms. The summed E-state index contributed by atoms with van der Waals surface area (Å²) in [4.78, 5) is 19.9. The summed E-state index contributed by atoms with van der Waals surface area (Å²) in [6, 6.07) is 2.27. The Hall–Kier alpha value is -2.61. The summed E-state index contributed by atoms with van der Waals surface area (Å²) in [5, 5.41) is 4.41. The lowest BCUT2D eigenvalue weighted by molar-refractivity contribution is -0.127. The Balaban J connectivity index is 1.79. The third-order valence-corrected chi connectivity index (χ3v) is 5.05. The van der Waals surface area contributed by atoms with Gasteiger partial charge in [0.25, 0.3) is 0 Å². The lowest BCUT2D eigenvalue weighted by atomic mass is 10.1. The Morgan fingerprint density at radius 2 is 2.24 bits per heavy atom. The molecule has 1 atom stereocenters. The van der Waals surface area contributed by atoms with Gasteiger partial charge in [-0.2, -0.15) is 5.10 Å². The molecule has 0 saturated carbocycles. The van der Waals surface area contributed by atoms with E-state index in [0.717, 1.165) is 48.4 Å². The minimum absolute atomic E-state index is 0.0727. The maximum Gasteiger partial charge on any atom is 0.220 e. The summed E-state index contributed by atoms with van der Waals surface area (Å²) < 4.78 is 1.84. The van der Waals surface area contributed by atoms with E-state index in [-0.39, 0.29) is 11.9 Å². The molecule has 0 aromatic carbocycles. The molecule has 4 N–H and O–H groups in total. The zero-order valence-electron chi connectivity index (χ0n) is 14.4. The van der Waals surface area contributed by atoms with Crippen molar-refractivity contribution in [1.82, 2.24) is 19.5 Å². The quantitative estimate of drug-likeness (QED) is 0.823. The number of amides is 1. The third kappa shape index (κ3) is 2.72. The van der Waals surface area contributed by atoms with E-state index in [4.69, 9.17) is 11.5 Å². The summed E-state index contributed by atoms with van der Waals surface area (Å²) in [5.41, 5.74) is 16.2. The van der Waals surface area contributed by atoms with Gasteiger partial charge in [-0.25, -0.2) is 9.50 Å². The normalized spacial score (nSPS) is 21.0. The van der Waals surface area contributed by atoms with Crippen LogP contribution in [0.1, 0.15) is 25.5 Å². The number of piperidine rings is 1. The second-order valence-electron chi connectivity index (χ2n) is 6.80. The molecule has 2 aromatic rings. The minimum atomic E-state index is 0.0727. The van der Waals surface area contributed by atoms with Gasteiger partial charge in [0.05, 0.1) is 11.4 Å². The number of nitrogens with two attached hydrogens (primary N) is 2. The van der Waals surface area contributed by atoms with E-state index in [2.05, 4.69) is 27.1 Å². The number of anilines is 2. The largest absolute Gasteiger partial charge is 0.382 e. The Labute approximate surface area is 146 Å². The van der Waals surface area contributed by atoms with Gasteiger partial charge in [0, 0.05) is 39.1 Å². The molecule has 2 aliphatic rings. The molecular weight excluding hydrogens is 318 g/mol. The maximum absolute atomic E-state index is 11.6. The van der Waals surface area contributed by atoms with Crippen molar-refractivity contribution in [2.24, 2.45) is 5.73 Å². The van der Waals surface area contributed by atoms with Crippen LogP contribution in [0.15, 0.2) is 18.5 Å². The number of nitrogens with zero attached hydrogens (tertiary/aromatic N) is 5. The average Bonchev–Trinajstić information content (AvgIpc) is 3.20. The molecule has 0 aliphatic carbocycles. The number of hydrogen-bond acceptors (Lipinski definition) is 6. The molecule has 1 unspecified atom stereocenters. The highest BCUT2D eigenvalue weighted by Crippen LogP contribution is 2.34. The highest BCUT2D eigenvalue weighted by Gasteiger charge is 2.26. The Kier molecular flexibility index (Phi) is 3.84.